The maximum absolute atomic E-state index is 12.6. The molecule has 1 N–H and O–H groups in total. The maximum atomic E-state index is 12.6. The Hall–Kier alpha value is -1.10. The van der Waals surface area contributed by atoms with E-state index in [-0.39, 0.29) is 23.9 Å². The van der Waals surface area contributed by atoms with Crippen LogP contribution >= 0.6 is 0 Å². The first kappa shape index (κ1) is 13.9. The zero-order chi connectivity index (χ0) is 14.3. The number of carboxylic acid groups (broad SMARTS) is 1. The van der Waals surface area contributed by atoms with Crippen LogP contribution in [0.15, 0.2) is 0 Å². The molecule has 3 aliphatic heterocycles. The molecule has 4 atom stereocenters. The number of carboxylic acids is 1. The largest absolute Gasteiger partial charge is 0.481 e. The van der Waals surface area contributed by atoms with Gasteiger partial charge in [-0.1, -0.05) is 0 Å². The summed E-state index contributed by atoms with van der Waals surface area (Å²) in [6, 6.07) is 0.209. The molecule has 5 nitrogen and oxygen atoms in total. The Morgan fingerprint density at radius 2 is 1.85 bits per heavy atom. The third-order valence-electron chi connectivity index (χ3n) is 5.38. The number of nitrogens with zero attached hydrogens (tertiary/aromatic N) is 2. The molecule has 0 saturated carbocycles. The van der Waals surface area contributed by atoms with E-state index in [1.807, 2.05) is 11.8 Å². The summed E-state index contributed by atoms with van der Waals surface area (Å²) < 4.78 is 0. The summed E-state index contributed by atoms with van der Waals surface area (Å²) in [7, 11) is 0. The van der Waals surface area contributed by atoms with Gasteiger partial charge < -0.3 is 10.0 Å². The number of hydrogen-bond donors (Lipinski definition) is 1. The molecule has 1 amide bonds. The number of carbonyl (C=O) groups excluding carboxylic acids is 1. The molecular weight excluding hydrogens is 256 g/mol. The first-order valence-corrected chi connectivity index (χ1v) is 7.88. The van der Waals surface area contributed by atoms with Crippen LogP contribution in [0.4, 0.5) is 0 Å². The van der Waals surface area contributed by atoms with Crippen molar-refractivity contribution in [3.8, 4) is 0 Å². The first-order valence-electron chi connectivity index (χ1n) is 7.88. The van der Waals surface area contributed by atoms with Gasteiger partial charge in [0.05, 0.1) is 12.0 Å². The minimum absolute atomic E-state index is 0.0706. The highest BCUT2D eigenvalue weighted by molar-refractivity contribution is 5.82. The number of fused-ring (bicyclic) bond motifs is 2. The standard InChI is InChI=1S/C15H24N2O3/c1-10(14(18)16-7-3-2-4-8-16)17-11-5-6-13(17)12(9-11)15(19)20/h10-13H,2-9H2,1H3,(H,19,20). The molecule has 3 saturated heterocycles. The molecule has 20 heavy (non-hydrogen) atoms. The fraction of sp³-hybridized carbons (Fsp3) is 0.867. The molecule has 3 fully saturated rings. The van der Waals surface area contributed by atoms with Gasteiger partial charge >= 0.3 is 5.97 Å². The van der Waals surface area contributed by atoms with E-state index in [0.717, 1.165) is 45.2 Å². The van der Waals surface area contributed by atoms with Crippen LogP contribution in [0.5, 0.6) is 0 Å². The van der Waals surface area contributed by atoms with Crippen LogP contribution in [0.2, 0.25) is 0 Å². The Labute approximate surface area is 119 Å². The van der Waals surface area contributed by atoms with E-state index in [9.17, 15) is 14.7 Å². The second kappa shape index (κ2) is 5.35. The lowest BCUT2D eigenvalue weighted by molar-refractivity contribution is -0.144. The molecule has 0 aromatic heterocycles. The van der Waals surface area contributed by atoms with E-state index in [4.69, 9.17) is 0 Å². The van der Waals surface area contributed by atoms with Gasteiger partial charge in [0.1, 0.15) is 0 Å². The first-order chi connectivity index (χ1) is 9.59. The van der Waals surface area contributed by atoms with Crippen molar-refractivity contribution in [3.63, 3.8) is 0 Å². The molecule has 0 spiro atoms. The number of piperidine rings is 1. The average molecular weight is 280 g/mol. The SMILES string of the molecule is CC(C(=O)N1CCCCC1)N1C2CCC1C(C(=O)O)C2. The Kier molecular flexibility index (Phi) is 3.71. The fourth-order valence-electron chi connectivity index (χ4n) is 4.41. The number of likely N-dealkylation sites (tertiary alicyclic amines) is 1. The van der Waals surface area contributed by atoms with Crippen LogP contribution in [0.25, 0.3) is 0 Å². The monoisotopic (exact) mass is 280 g/mol. The summed E-state index contributed by atoms with van der Waals surface area (Å²) in [6.07, 6.45) is 6.11. The molecule has 0 radical (unpaired) electrons. The summed E-state index contributed by atoms with van der Waals surface area (Å²) >= 11 is 0. The molecule has 4 unspecified atom stereocenters. The molecule has 3 heterocycles. The zero-order valence-corrected chi connectivity index (χ0v) is 12.1. The van der Waals surface area contributed by atoms with Gasteiger partial charge in [0.25, 0.3) is 0 Å². The highest BCUT2D eigenvalue weighted by Crippen LogP contribution is 2.43. The van der Waals surface area contributed by atoms with Crippen molar-refractivity contribution in [1.82, 2.24) is 9.80 Å². The second-order valence-electron chi connectivity index (χ2n) is 6.49. The van der Waals surface area contributed by atoms with E-state index in [2.05, 4.69) is 4.90 Å². The molecule has 3 aliphatic rings. The Morgan fingerprint density at radius 1 is 1.15 bits per heavy atom. The van der Waals surface area contributed by atoms with Gasteiger partial charge in [0.2, 0.25) is 5.91 Å². The van der Waals surface area contributed by atoms with Crippen molar-refractivity contribution in [2.24, 2.45) is 5.92 Å². The number of hydrogen-bond acceptors (Lipinski definition) is 3. The average Bonchev–Trinajstić information content (AvgIpc) is 3.04. The van der Waals surface area contributed by atoms with Gasteiger partial charge in [0, 0.05) is 25.2 Å². The van der Waals surface area contributed by atoms with Crippen molar-refractivity contribution >= 4 is 11.9 Å². The van der Waals surface area contributed by atoms with Crippen molar-refractivity contribution < 1.29 is 14.7 Å². The molecule has 2 bridgehead atoms. The smallest absolute Gasteiger partial charge is 0.308 e. The lowest BCUT2D eigenvalue weighted by Gasteiger charge is -2.35. The summed E-state index contributed by atoms with van der Waals surface area (Å²) in [5.74, 6) is -0.766. The number of aliphatic carboxylic acids is 1. The lowest BCUT2D eigenvalue weighted by Crippen LogP contribution is -2.50. The van der Waals surface area contributed by atoms with Crippen LogP contribution in [-0.2, 0) is 9.59 Å². The van der Waals surface area contributed by atoms with E-state index in [0.29, 0.717) is 6.04 Å². The van der Waals surface area contributed by atoms with Gasteiger partial charge in [-0.2, -0.15) is 0 Å². The highest BCUT2D eigenvalue weighted by Gasteiger charge is 2.52. The molecule has 112 valence electrons. The van der Waals surface area contributed by atoms with Gasteiger partial charge in [0.15, 0.2) is 0 Å². The summed E-state index contributed by atoms with van der Waals surface area (Å²) in [5.41, 5.74) is 0. The van der Waals surface area contributed by atoms with Gasteiger partial charge in [-0.05, 0) is 45.4 Å². The lowest BCUT2D eigenvalue weighted by atomic mass is 9.89. The zero-order valence-electron chi connectivity index (χ0n) is 12.1. The Morgan fingerprint density at radius 3 is 2.45 bits per heavy atom. The molecule has 0 aromatic carbocycles. The van der Waals surface area contributed by atoms with Crippen molar-refractivity contribution in [3.05, 3.63) is 0 Å². The van der Waals surface area contributed by atoms with Gasteiger partial charge in [-0.15, -0.1) is 0 Å². The molecule has 5 heteroatoms. The minimum Gasteiger partial charge on any atom is -0.481 e. The fourth-order valence-corrected chi connectivity index (χ4v) is 4.41. The maximum Gasteiger partial charge on any atom is 0.308 e. The molecule has 3 rings (SSSR count). The van der Waals surface area contributed by atoms with Crippen molar-refractivity contribution in [2.45, 2.75) is 63.6 Å². The third-order valence-corrected chi connectivity index (χ3v) is 5.38. The van der Waals surface area contributed by atoms with Crippen LogP contribution in [0, 0.1) is 5.92 Å². The Bertz CT molecular complexity index is 406. The highest BCUT2D eigenvalue weighted by atomic mass is 16.4. The molecule has 0 aliphatic carbocycles. The van der Waals surface area contributed by atoms with Gasteiger partial charge in [-0.25, -0.2) is 0 Å². The predicted molar refractivity (Wildman–Crippen MR) is 74.3 cm³/mol. The number of amides is 1. The van der Waals surface area contributed by atoms with Crippen LogP contribution in [0.1, 0.15) is 45.4 Å². The van der Waals surface area contributed by atoms with E-state index in [1.165, 1.54) is 6.42 Å². The molecular formula is C15H24N2O3. The minimum atomic E-state index is -0.695. The normalized spacial score (nSPS) is 35.2. The van der Waals surface area contributed by atoms with Crippen LogP contribution in [-0.4, -0.2) is 58.0 Å². The molecule has 0 aromatic rings. The quantitative estimate of drug-likeness (QED) is 0.847. The second-order valence-corrected chi connectivity index (χ2v) is 6.49. The van der Waals surface area contributed by atoms with Crippen LogP contribution < -0.4 is 0 Å². The third kappa shape index (κ3) is 2.22. The van der Waals surface area contributed by atoms with E-state index in [1.54, 1.807) is 0 Å². The summed E-state index contributed by atoms with van der Waals surface area (Å²) in [4.78, 5) is 28.1. The predicted octanol–water partition coefficient (Wildman–Crippen LogP) is 1.32. The van der Waals surface area contributed by atoms with E-state index >= 15 is 0 Å². The number of rotatable bonds is 3. The Balaban J connectivity index is 1.69. The number of carbonyl (C=O) groups is 2. The van der Waals surface area contributed by atoms with Crippen molar-refractivity contribution in [1.29, 1.82) is 0 Å². The summed E-state index contributed by atoms with van der Waals surface area (Å²) in [5, 5.41) is 9.30. The van der Waals surface area contributed by atoms with Crippen LogP contribution in [0.3, 0.4) is 0 Å². The van der Waals surface area contributed by atoms with Crippen molar-refractivity contribution in [2.75, 3.05) is 13.1 Å². The van der Waals surface area contributed by atoms with E-state index < -0.39 is 5.97 Å². The summed E-state index contributed by atoms with van der Waals surface area (Å²) in [6.45, 7) is 3.70. The van der Waals surface area contributed by atoms with Gasteiger partial charge in [-0.3, -0.25) is 14.5 Å². The topological polar surface area (TPSA) is 60.9 Å².